The summed E-state index contributed by atoms with van der Waals surface area (Å²) in [4.78, 5) is 16.6. The highest BCUT2D eigenvalue weighted by Gasteiger charge is 2.12. The van der Waals surface area contributed by atoms with Gasteiger partial charge in [0.05, 0.1) is 24.9 Å². The van der Waals surface area contributed by atoms with Crippen LogP contribution in [0, 0.1) is 5.82 Å². The van der Waals surface area contributed by atoms with Gasteiger partial charge in [-0.3, -0.25) is 4.98 Å². The van der Waals surface area contributed by atoms with Gasteiger partial charge in [-0.1, -0.05) is 18.2 Å². The molecule has 0 atom stereocenters. The van der Waals surface area contributed by atoms with Gasteiger partial charge in [-0.25, -0.2) is 9.18 Å². The Morgan fingerprint density at radius 1 is 1.15 bits per heavy atom. The number of carbonyl (C=O) groups is 1. The molecule has 26 heavy (non-hydrogen) atoms. The molecule has 0 spiro atoms. The molecule has 3 rings (SSSR count). The highest BCUT2D eigenvalue weighted by atomic mass is 32.2. The van der Waals surface area contributed by atoms with Crippen molar-refractivity contribution in [2.75, 3.05) is 11.4 Å². The van der Waals surface area contributed by atoms with Gasteiger partial charge in [0.15, 0.2) is 0 Å². The lowest BCUT2D eigenvalue weighted by molar-refractivity contribution is 0.0600. The minimum atomic E-state index is -0.372. The van der Waals surface area contributed by atoms with Crippen LogP contribution in [0.5, 0.6) is 0 Å². The second-order valence-corrected chi connectivity index (χ2v) is 6.58. The van der Waals surface area contributed by atoms with Crippen molar-refractivity contribution in [3.63, 3.8) is 0 Å². The summed E-state index contributed by atoms with van der Waals surface area (Å²) in [5.74, 6) is -0.663. The van der Waals surface area contributed by atoms with Crippen LogP contribution in [0.15, 0.2) is 78.0 Å². The fourth-order valence-electron chi connectivity index (χ4n) is 2.37. The third-order valence-corrected chi connectivity index (χ3v) is 4.66. The number of aromatic nitrogens is 1. The van der Waals surface area contributed by atoms with Crippen LogP contribution in [0.3, 0.4) is 0 Å². The summed E-state index contributed by atoms with van der Waals surface area (Å²) in [6.07, 6.45) is 3.47. The molecule has 0 bridgehead atoms. The third kappa shape index (κ3) is 4.61. The zero-order valence-corrected chi connectivity index (χ0v) is 14.9. The van der Waals surface area contributed by atoms with Crippen molar-refractivity contribution in [2.24, 2.45) is 0 Å². The predicted octanol–water partition coefficient (Wildman–Crippen LogP) is 4.72. The Morgan fingerprint density at radius 3 is 2.62 bits per heavy atom. The molecule has 1 heterocycles. The lowest BCUT2D eigenvalue weighted by Gasteiger charge is -2.23. The van der Waals surface area contributed by atoms with Crippen molar-refractivity contribution in [1.82, 2.24) is 4.98 Å². The molecule has 0 aliphatic rings. The number of hydrogen-bond donors (Lipinski definition) is 0. The van der Waals surface area contributed by atoms with Gasteiger partial charge in [-0.2, -0.15) is 0 Å². The minimum Gasteiger partial charge on any atom is -0.465 e. The maximum Gasteiger partial charge on any atom is 0.337 e. The Bertz CT molecular complexity index is 872. The molecule has 3 aromatic rings. The highest BCUT2D eigenvalue weighted by Crippen LogP contribution is 2.30. The molecule has 2 aromatic carbocycles. The van der Waals surface area contributed by atoms with Crippen LogP contribution in [0.4, 0.5) is 10.1 Å². The van der Waals surface area contributed by atoms with E-state index in [4.69, 9.17) is 4.74 Å². The number of ether oxygens (including phenoxy) is 1. The van der Waals surface area contributed by atoms with Gasteiger partial charge in [-0.15, -0.1) is 0 Å². The summed E-state index contributed by atoms with van der Waals surface area (Å²) in [5.41, 5.74) is 2.22. The molecule has 0 saturated heterocycles. The third-order valence-electron chi connectivity index (χ3n) is 3.65. The Balaban J connectivity index is 1.84. The number of methoxy groups -OCH3 is 1. The lowest BCUT2D eigenvalue weighted by Crippen LogP contribution is -2.14. The van der Waals surface area contributed by atoms with Gasteiger partial charge in [0.25, 0.3) is 0 Å². The smallest absolute Gasteiger partial charge is 0.337 e. The van der Waals surface area contributed by atoms with E-state index in [1.54, 1.807) is 30.6 Å². The molecular weight excluding hydrogens is 351 g/mol. The molecule has 0 amide bonds. The van der Waals surface area contributed by atoms with Crippen LogP contribution >= 0.6 is 11.9 Å². The van der Waals surface area contributed by atoms with Crippen LogP contribution in [-0.2, 0) is 11.3 Å². The molecule has 0 fully saturated rings. The number of nitrogens with zero attached hydrogens (tertiary/aromatic N) is 2. The van der Waals surface area contributed by atoms with Gasteiger partial charge in [0.2, 0.25) is 0 Å². The molecule has 0 unspecified atom stereocenters. The van der Waals surface area contributed by atoms with Gasteiger partial charge in [0.1, 0.15) is 5.82 Å². The Labute approximate surface area is 155 Å². The van der Waals surface area contributed by atoms with Crippen molar-refractivity contribution in [1.29, 1.82) is 0 Å². The van der Waals surface area contributed by atoms with Gasteiger partial charge in [-0.05, 0) is 60.0 Å². The zero-order chi connectivity index (χ0) is 18.4. The lowest BCUT2D eigenvalue weighted by atomic mass is 10.1. The predicted molar refractivity (Wildman–Crippen MR) is 100 cm³/mol. The molecular formula is C20H17FN2O2S. The van der Waals surface area contributed by atoms with Crippen molar-refractivity contribution in [3.8, 4) is 0 Å². The van der Waals surface area contributed by atoms with E-state index >= 15 is 0 Å². The van der Waals surface area contributed by atoms with E-state index in [0.29, 0.717) is 12.1 Å². The van der Waals surface area contributed by atoms with E-state index in [9.17, 15) is 9.18 Å². The van der Waals surface area contributed by atoms with Crippen molar-refractivity contribution < 1.29 is 13.9 Å². The maximum absolute atomic E-state index is 13.7. The second kappa shape index (κ2) is 8.49. The number of esters is 1. The molecule has 0 aliphatic heterocycles. The van der Waals surface area contributed by atoms with E-state index < -0.39 is 0 Å². The number of rotatable bonds is 6. The van der Waals surface area contributed by atoms with E-state index in [1.165, 1.54) is 31.2 Å². The first-order valence-corrected chi connectivity index (χ1v) is 8.71. The van der Waals surface area contributed by atoms with E-state index in [1.807, 2.05) is 34.6 Å². The molecule has 6 heteroatoms. The number of pyridine rings is 1. The normalized spacial score (nSPS) is 10.4. The summed E-state index contributed by atoms with van der Waals surface area (Å²) in [6, 6.07) is 17.4. The number of halogens is 1. The van der Waals surface area contributed by atoms with Crippen LogP contribution < -0.4 is 4.31 Å². The van der Waals surface area contributed by atoms with Crippen molar-refractivity contribution in [2.45, 2.75) is 11.4 Å². The zero-order valence-electron chi connectivity index (χ0n) is 14.1. The Morgan fingerprint density at radius 2 is 1.96 bits per heavy atom. The molecule has 0 radical (unpaired) electrons. The molecule has 1 aromatic heterocycles. The monoisotopic (exact) mass is 368 g/mol. The largest absolute Gasteiger partial charge is 0.465 e. The number of benzene rings is 2. The molecule has 0 saturated carbocycles. The second-order valence-electron chi connectivity index (χ2n) is 5.49. The van der Waals surface area contributed by atoms with Crippen LogP contribution in [0.2, 0.25) is 0 Å². The molecule has 132 valence electrons. The fourth-order valence-corrected chi connectivity index (χ4v) is 3.30. The Kier molecular flexibility index (Phi) is 5.86. The van der Waals surface area contributed by atoms with E-state index in [-0.39, 0.29) is 11.8 Å². The van der Waals surface area contributed by atoms with Gasteiger partial charge >= 0.3 is 5.97 Å². The van der Waals surface area contributed by atoms with Crippen molar-refractivity contribution >= 4 is 23.6 Å². The average molecular weight is 368 g/mol. The first-order valence-electron chi connectivity index (χ1n) is 7.94. The summed E-state index contributed by atoms with van der Waals surface area (Å²) < 4.78 is 20.4. The fraction of sp³-hybridized carbons (Fsp3) is 0.100. The standard InChI is InChI=1S/C20H17FN2O2S/c1-25-20(24)16-9-7-15(8-10-16)14-23(18-5-2-4-17(21)12-18)26-19-6-3-11-22-13-19/h2-13H,14H2,1H3. The summed E-state index contributed by atoms with van der Waals surface area (Å²) in [7, 11) is 1.35. The average Bonchev–Trinajstić information content (AvgIpc) is 2.68. The number of anilines is 1. The topological polar surface area (TPSA) is 42.4 Å². The first-order chi connectivity index (χ1) is 12.7. The molecule has 4 nitrogen and oxygen atoms in total. The first kappa shape index (κ1) is 17.9. The van der Waals surface area contributed by atoms with Crippen molar-refractivity contribution in [3.05, 3.63) is 90.0 Å². The van der Waals surface area contributed by atoms with E-state index in [2.05, 4.69) is 4.98 Å². The number of carbonyl (C=O) groups excluding carboxylic acids is 1. The molecule has 0 aliphatic carbocycles. The summed E-state index contributed by atoms with van der Waals surface area (Å²) >= 11 is 1.47. The minimum absolute atomic E-state index is 0.291. The summed E-state index contributed by atoms with van der Waals surface area (Å²) in [5, 5.41) is 0. The Hall–Kier alpha value is -2.86. The van der Waals surface area contributed by atoms with Crippen LogP contribution in [0.1, 0.15) is 15.9 Å². The molecule has 0 N–H and O–H groups in total. The maximum atomic E-state index is 13.7. The van der Waals surface area contributed by atoms with Gasteiger partial charge in [0, 0.05) is 17.3 Å². The van der Waals surface area contributed by atoms with Gasteiger partial charge < -0.3 is 9.04 Å². The highest BCUT2D eigenvalue weighted by molar-refractivity contribution is 8.00. The number of hydrogen-bond acceptors (Lipinski definition) is 5. The van der Waals surface area contributed by atoms with E-state index in [0.717, 1.165) is 16.1 Å². The quantitative estimate of drug-likeness (QED) is 0.465. The summed E-state index contributed by atoms with van der Waals surface area (Å²) in [6.45, 7) is 0.532. The van der Waals surface area contributed by atoms with Crippen LogP contribution in [-0.4, -0.2) is 18.1 Å². The SMILES string of the molecule is COC(=O)c1ccc(CN(Sc2cccnc2)c2cccc(F)c2)cc1. The van der Waals surface area contributed by atoms with Crippen LogP contribution in [0.25, 0.3) is 0 Å².